The van der Waals surface area contributed by atoms with Crippen LogP contribution < -0.4 is 10.6 Å². The van der Waals surface area contributed by atoms with Crippen LogP contribution >= 0.6 is 0 Å². The molecule has 0 unspecified atom stereocenters. The van der Waals surface area contributed by atoms with E-state index in [1.165, 1.54) is 0 Å². The fourth-order valence-corrected chi connectivity index (χ4v) is 1.16. The Morgan fingerprint density at radius 3 is 2.40 bits per heavy atom. The third-order valence-corrected chi connectivity index (χ3v) is 1.96. The Hall–Kier alpha value is 0.217. The largest absolute Gasteiger partial charge is 0.530 e. The minimum Gasteiger partial charge on any atom is -0.530 e. The van der Waals surface area contributed by atoms with Gasteiger partial charge >= 0.3 is 0 Å². The molecule has 0 heterocycles. The molecule has 0 saturated carbocycles. The van der Waals surface area contributed by atoms with Gasteiger partial charge in [-0.05, 0) is 39.8 Å². The van der Waals surface area contributed by atoms with Crippen molar-refractivity contribution in [2.75, 3.05) is 13.6 Å². The topological polar surface area (TPSA) is 58.2 Å². The first-order valence-corrected chi connectivity index (χ1v) is 4.50. The van der Waals surface area contributed by atoms with E-state index in [4.69, 9.17) is 0 Å². The molecule has 0 saturated heterocycles. The number of likely N-dealkylation sites (N-methyl/N-ethyl adjacent to an activating group) is 1. The molecule has 6 heteroatoms. The summed E-state index contributed by atoms with van der Waals surface area (Å²) < 4.78 is 0. The summed E-state index contributed by atoms with van der Waals surface area (Å²) in [5, 5.41) is 5.40. The van der Waals surface area contributed by atoms with E-state index in [-0.39, 0.29) is 51.4 Å². The maximum absolute atomic E-state index is 11.0. The summed E-state index contributed by atoms with van der Waals surface area (Å²) in [6, 6.07) is -0.0415. The van der Waals surface area contributed by atoms with E-state index in [1.54, 1.807) is 20.4 Å². The van der Waals surface area contributed by atoms with Crippen molar-refractivity contribution in [3.05, 3.63) is 0 Å². The van der Waals surface area contributed by atoms with Gasteiger partial charge in [-0.25, -0.2) is 0 Å². The average Bonchev–Trinajstić information content (AvgIpc) is 2.10. The number of hydrogen-bond acceptors (Lipinski definition) is 3. The number of unbranched alkanes of at least 4 members (excludes halogenated alkanes) is 1. The molecule has 0 aliphatic carbocycles. The molecule has 2 N–H and O–H groups in total. The minimum absolute atomic E-state index is 0. The van der Waals surface area contributed by atoms with Gasteiger partial charge in [0.15, 0.2) is 0 Å². The predicted octanol–water partition coefficient (Wildman–Crippen LogP) is -0.390. The first-order valence-electron chi connectivity index (χ1n) is 4.50. The van der Waals surface area contributed by atoms with Crippen molar-refractivity contribution >= 4 is 20.6 Å². The van der Waals surface area contributed by atoms with Gasteiger partial charge in [-0.2, -0.15) is 6.41 Å². The summed E-state index contributed by atoms with van der Waals surface area (Å²) in [4.78, 5) is 20.7. The molecule has 4 nitrogen and oxygen atoms in total. The number of rotatable bonds is 8. The van der Waals surface area contributed by atoms with Gasteiger partial charge in [-0.1, -0.05) is 0 Å². The second-order valence-corrected chi connectivity index (χ2v) is 2.98. The van der Waals surface area contributed by atoms with E-state index in [0.717, 1.165) is 19.3 Å². The van der Waals surface area contributed by atoms with Crippen LogP contribution in [0.1, 0.15) is 26.2 Å². The SMILES string of the molecule is CN[C@@H](CCCCN[C-]=O)C(C)=O.[B].[U]. The van der Waals surface area contributed by atoms with Crippen molar-refractivity contribution in [3.63, 3.8) is 0 Å². The number of hydrogen-bond donors (Lipinski definition) is 2. The number of carbonyl (C=O) groups is 1. The van der Waals surface area contributed by atoms with Gasteiger partial charge < -0.3 is 15.4 Å². The summed E-state index contributed by atoms with van der Waals surface area (Å²) >= 11 is 0. The normalized spacial score (nSPS) is 10.5. The fourth-order valence-electron chi connectivity index (χ4n) is 1.16. The molecule has 0 bridgehead atoms. The molecule has 0 rings (SSSR count). The summed E-state index contributed by atoms with van der Waals surface area (Å²) in [5.41, 5.74) is 0. The predicted molar refractivity (Wildman–Crippen MR) is 56.8 cm³/mol. The van der Waals surface area contributed by atoms with E-state index < -0.39 is 0 Å². The average molecular weight is 434 g/mol. The van der Waals surface area contributed by atoms with Gasteiger partial charge in [0.05, 0.1) is 6.04 Å². The van der Waals surface area contributed by atoms with Crippen LogP contribution in [0.15, 0.2) is 0 Å². The first kappa shape index (κ1) is 20.6. The Morgan fingerprint density at radius 1 is 1.40 bits per heavy atom. The fraction of sp³-hybridized carbons (Fsp3) is 0.778. The molecule has 0 aromatic heterocycles. The van der Waals surface area contributed by atoms with Crippen LogP contribution in [-0.4, -0.2) is 40.2 Å². The number of Topliss-reactive ketones (excluding diaryl/α,β-unsaturated/α-hetero) is 1. The number of amides is 1. The van der Waals surface area contributed by atoms with Gasteiger partial charge in [0.2, 0.25) is 0 Å². The summed E-state index contributed by atoms with van der Waals surface area (Å²) in [6.07, 6.45) is 4.26. The van der Waals surface area contributed by atoms with Gasteiger partial charge in [-0.15, -0.1) is 0 Å². The molecule has 0 aromatic rings. The number of carbonyl (C=O) groups excluding carboxylic acids is 2. The van der Waals surface area contributed by atoms with Crippen LogP contribution in [0.25, 0.3) is 0 Å². The third kappa shape index (κ3) is 12.1. The zero-order chi connectivity index (χ0) is 10.1. The Labute approximate surface area is 117 Å². The van der Waals surface area contributed by atoms with E-state index >= 15 is 0 Å². The molecule has 15 heavy (non-hydrogen) atoms. The van der Waals surface area contributed by atoms with Gasteiger partial charge in [0.1, 0.15) is 5.78 Å². The Balaban J connectivity index is -0.000000720. The van der Waals surface area contributed by atoms with Crippen LogP contribution in [0.3, 0.4) is 0 Å². The maximum atomic E-state index is 11.0. The standard InChI is InChI=1S/C9H17N2O2.B.U/c1-8(13)9(10-2)5-3-4-6-11-7-12;;/h9-10H,3-6H2,1-2H3,(H,11,12);;/q-1;;/t9-;;/m0../s1. The van der Waals surface area contributed by atoms with Gasteiger partial charge in [-0.3, -0.25) is 4.79 Å². The Bertz CT molecular complexity index is 170. The smallest absolute Gasteiger partial charge is 0.146 e. The molecular weight excluding hydrogens is 417 g/mol. The monoisotopic (exact) mass is 434 g/mol. The minimum atomic E-state index is -0.0415. The molecule has 0 aliphatic rings. The zero-order valence-corrected chi connectivity index (χ0v) is 13.5. The Morgan fingerprint density at radius 2 is 2.00 bits per heavy atom. The van der Waals surface area contributed by atoms with Crippen molar-refractivity contribution in [1.82, 2.24) is 10.6 Å². The summed E-state index contributed by atoms with van der Waals surface area (Å²) in [5.74, 6) is 0.164. The molecule has 1 atom stereocenters. The van der Waals surface area contributed by atoms with E-state index in [0.29, 0.717) is 6.54 Å². The molecule has 0 spiro atoms. The molecule has 83 valence electrons. The van der Waals surface area contributed by atoms with E-state index in [1.807, 2.05) is 0 Å². The van der Waals surface area contributed by atoms with Gasteiger partial charge in [0, 0.05) is 39.5 Å². The molecular formula is C9H17BN2O2U-. The van der Waals surface area contributed by atoms with Crippen molar-refractivity contribution in [3.8, 4) is 0 Å². The third-order valence-electron chi connectivity index (χ3n) is 1.96. The molecule has 3 radical (unpaired) electrons. The van der Waals surface area contributed by atoms with Crippen molar-refractivity contribution in [1.29, 1.82) is 0 Å². The summed E-state index contributed by atoms with van der Waals surface area (Å²) in [6.45, 7) is 2.22. The first-order chi connectivity index (χ1) is 6.22. The maximum Gasteiger partial charge on any atom is 0.146 e. The quantitative estimate of drug-likeness (QED) is 0.237. The second kappa shape index (κ2) is 14.2. The van der Waals surface area contributed by atoms with Crippen LogP contribution in [0.4, 0.5) is 0 Å². The van der Waals surface area contributed by atoms with E-state index in [9.17, 15) is 9.59 Å². The Kier molecular flexibility index (Phi) is 19.5. The molecule has 0 aliphatic heterocycles. The number of ketones is 1. The van der Waals surface area contributed by atoms with Crippen LogP contribution in [0, 0.1) is 31.1 Å². The molecule has 1 amide bonds. The van der Waals surface area contributed by atoms with Crippen LogP contribution in [-0.2, 0) is 9.59 Å². The number of nitrogens with one attached hydrogen (secondary N) is 2. The van der Waals surface area contributed by atoms with Crippen molar-refractivity contribution in [2.24, 2.45) is 0 Å². The molecule has 0 fully saturated rings. The van der Waals surface area contributed by atoms with Crippen LogP contribution in [0.2, 0.25) is 0 Å². The van der Waals surface area contributed by atoms with Crippen molar-refractivity contribution in [2.45, 2.75) is 32.2 Å². The summed E-state index contributed by atoms with van der Waals surface area (Å²) in [7, 11) is 1.78. The van der Waals surface area contributed by atoms with Crippen LogP contribution in [0.5, 0.6) is 0 Å². The second-order valence-electron chi connectivity index (χ2n) is 2.98. The molecule has 0 aromatic carbocycles. The van der Waals surface area contributed by atoms with Crippen molar-refractivity contribution < 1.29 is 40.7 Å². The van der Waals surface area contributed by atoms with Gasteiger partial charge in [0.25, 0.3) is 0 Å². The van der Waals surface area contributed by atoms with E-state index in [2.05, 4.69) is 10.6 Å². The zero-order valence-electron chi connectivity index (χ0n) is 9.30.